The molecule has 0 heterocycles. The van der Waals surface area contributed by atoms with Crippen LogP contribution in [-0.4, -0.2) is 31.6 Å². The summed E-state index contributed by atoms with van der Waals surface area (Å²) in [4.78, 5) is 0. The maximum absolute atomic E-state index is 10.9. The van der Waals surface area contributed by atoms with E-state index in [1.807, 2.05) is 0 Å². The molecule has 0 radical (unpaired) electrons. The molecule has 1 N–H and O–H groups in total. The SMILES string of the molecule is CS(=O)(=O)CCC(O)C1CC=CCC1. The van der Waals surface area contributed by atoms with Crippen LogP contribution in [0.25, 0.3) is 0 Å². The van der Waals surface area contributed by atoms with E-state index in [0.29, 0.717) is 6.42 Å². The number of aliphatic hydroxyl groups excluding tert-OH is 1. The molecule has 4 heteroatoms. The molecule has 2 atom stereocenters. The summed E-state index contributed by atoms with van der Waals surface area (Å²) in [5.41, 5.74) is 0. The maximum Gasteiger partial charge on any atom is 0.147 e. The lowest BCUT2D eigenvalue weighted by molar-refractivity contribution is 0.0989. The zero-order valence-electron chi connectivity index (χ0n) is 8.52. The molecule has 0 saturated carbocycles. The molecule has 3 nitrogen and oxygen atoms in total. The summed E-state index contributed by atoms with van der Waals surface area (Å²) >= 11 is 0. The third kappa shape index (κ3) is 4.24. The molecule has 0 fully saturated rings. The van der Waals surface area contributed by atoms with Crippen LogP contribution in [0.1, 0.15) is 25.7 Å². The normalized spacial score (nSPS) is 24.9. The third-order valence-electron chi connectivity index (χ3n) is 2.64. The number of sulfone groups is 1. The Bertz CT molecular complexity index is 292. The molecule has 1 aliphatic rings. The van der Waals surface area contributed by atoms with Gasteiger partial charge in [0, 0.05) is 6.26 Å². The highest BCUT2D eigenvalue weighted by atomic mass is 32.2. The standard InChI is InChI=1S/C10H18O3S/c1-14(12,13)8-7-10(11)9-5-3-2-4-6-9/h2-3,9-11H,4-8H2,1H3. The van der Waals surface area contributed by atoms with Crippen LogP contribution in [0.4, 0.5) is 0 Å². The summed E-state index contributed by atoms with van der Waals surface area (Å²) in [6.07, 6.45) is 8.15. The predicted molar refractivity (Wildman–Crippen MR) is 56.8 cm³/mol. The second-order valence-electron chi connectivity index (χ2n) is 4.03. The Morgan fingerprint density at radius 1 is 1.50 bits per heavy atom. The lowest BCUT2D eigenvalue weighted by atomic mass is 9.88. The fourth-order valence-electron chi connectivity index (χ4n) is 1.74. The Balaban J connectivity index is 2.34. The fraction of sp³-hybridized carbons (Fsp3) is 0.800. The van der Waals surface area contributed by atoms with Crippen LogP contribution in [-0.2, 0) is 9.84 Å². The van der Waals surface area contributed by atoms with Crippen LogP contribution in [0.5, 0.6) is 0 Å². The second-order valence-corrected chi connectivity index (χ2v) is 6.29. The Labute approximate surface area is 85.7 Å². The van der Waals surface area contributed by atoms with E-state index in [9.17, 15) is 13.5 Å². The van der Waals surface area contributed by atoms with Crippen LogP contribution in [0, 0.1) is 5.92 Å². The highest BCUT2D eigenvalue weighted by Crippen LogP contribution is 2.23. The second kappa shape index (κ2) is 4.94. The molecule has 1 aliphatic carbocycles. The van der Waals surface area contributed by atoms with Gasteiger partial charge in [-0.3, -0.25) is 0 Å². The molecule has 14 heavy (non-hydrogen) atoms. The van der Waals surface area contributed by atoms with Crippen molar-refractivity contribution in [1.29, 1.82) is 0 Å². The van der Waals surface area contributed by atoms with Gasteiger partial charge >= 0.3 is 0 Å². The molecule has 2 unspecified atom stereocenters. The number of hydrogen-bond acceptors (Lipinski definition) is 3. The van der Waals surface area contributed by atoms with Crippen LogP contribution >= 0.6 is 0 Å². The molecular formula is C10H18O3S. The average Bonchev–Trinajstić information content (AvgIpc) is 2.14. The fourth-order valence-corrected chi connectivity index (χ4v) is 2.41. The first-order chi connectivity index (χ1) is 6.49. The van der Waals surface area contributed by atoms with Gasteiger partial charge in [-0.2, -0.15) is 0 Å². The molecule has 82 valence electrons. The lowest BCUT2D eigenvalue weighted by Crippen LogP contribution is -2.24. The van der Waals surface area contributed by atoms with Crippen LogP contribution in [0.2, 0.25) is 0 Å². The van der Waals surface area contributed by atoms with Gasteiger partial charge in [-0.05, 0) is 31.6 Å². The summed E-state index contributed by atoms with van der Waals surface area (Å²) < 4.78 is 21.8. The van der Waals surface area contributed by atoms with Crippen LogP contribution in [0.15, 0.2) is 12.2 Å². The summed E-state index contributed by atoms with van der Waals surface area (Å²) in [7, 11) is -2.94. The van der Waals surface area contributed by atoms with Crippen molar-refractivity contribution in [2.75, 3.05) is 12.0 Å². The van der Waals surface area contributed by atoms with Crippen molar-refractivity contribution >= 4 is 9.84 Å². The van der Waals surface area contributed by atoms with E-state index in [4.69, 9.17) is 0 Å². The molecule has 0 bridgehead atoms. The average molecular weight is 218 g/mol. The van der Waals surface area contributed by atoms with E-state index < -0.39 is 15.9 Å². The van der Waals surface area contributed by atoms with Gasteiger partial charge in [0.05, 0.1) is 11.9 Å². The molecule has 1 rings (SSSR count). The summed E-state index contributed by atoms with van der Waals surface area (Å²) in [6, 6.07) is 0. The number of allylic oxidation sites excluding steroid dienone is 2. The Hall–Kier alpha value is -0.350. The first-order valence-corrected chi connectivity index (χ1v) is 7.06. The van der Waals surface area contributed by atoms with Gasteiger partial charge in [-0.25, -0.2) is 8.42 Å². The maximum atomic E-state index is 10.9. The Kier molecular flexibility index (Phi) is 4.13. The molecule has 0 aromatic rings. The summed E-state index contributed by atoms with van der Waals surface area (Å²) in [6.45, 7) is 0. The number of rotatable bonds is 4. The first kappa shape index (κ1) is 11.7. The number of aliphatic hydroxyl groups is 1. The van der Waals surface area contributed by atoms with Gasteiger partial charge in [0.1, 0.15) is 9.84 Å². The van der Waals surface area contributed by atoms with E-state index in [0.717, 1.165) is 19.3 Å². The molecular weight excluding hydrogens is 200 g/mol. The topological polar surface area (TPSA) is 54.4 Å². The first-order valence-electron chi connectivity index (χ1n) is 5.00. The Morgan fingerprint density at radius 2 is 2.21 bits per heavy atom. The lowest BCUT2D eigenvalue weighted by Gasteiger charge is -2.23. The molecule has 0 aromatic carbocycles. The van der Waals surface area contributed by atoms with Gasteiger partial charge < -0.3 is 5.11 Å². The smallest absolute Gasteiger partial charge is 0.147 e. The van der Waals surface area contributed by atoms with E-state index in [1.54, 1.807) is 0 Å². The highest BCUT2D eigenvalue weighted by molar-refractivity contribution is 7.90. The van der Waals surface area contributed by atoms with E-state index in [1.165, 1.54) is 6.26 Å². The van der Waals surface area contributed by atoms with Gasteiger partial charge in [0.25, 0.3) is 0 Å². The van der Waals surface area contributed by atoms with Crippen LogP contribution in [0.3, 0.4) is 0 Å². The summed E-state index contributed by atoms with van der Waals surface area (Å²) in [5.74, 6) is 0.343. The van der Waals surface area contributed by atoms with Crippen molar-refractivity contribution in [3.05, 3.63) is 12.2 Å². The van der Waals surface area contributed by atoms with E-state index in [-0.39, 0.29) is 11.7 Å². The van der Waals surface area contributed by atoms with Crippen LogP contribution < -0.4 is 0 Å². The third-order valence-corrected chi connectivity index (χ3v) is 3.62. The van der Waals surface area contributed by atoms with Gasteiger partial charge in [-0.1, -0.05) is 12.2 Å². The van der Waals surface area contributed by atoms with Crippen molar-refractivity contribution in [2.45, 2.75) is 31.8 Å². The van der Waals surface area contributed by atoms with Crippen molar-refractivity contribution in [2.24, 2.45) is 5.92 Å². The Morgan fingerprint density at radius 3 is 2.71 bits per heavy atom. The summed E-state index contributed by atoms with van der Waals surface area (Å²) in [5, 5.41) is 9.74. The largest absolute Gasteiger partial charge is 0.393 e. The quantitative estimate of drug-likeness (QED) is 0.720. The zero-order chi connectivity index (χ0) is 10.6. The van der Waals surface area contributed by atoms with Crippen molar-refractivity contribution in [1.82, 2.24) is 0 Å². The molecule has 0 aromatic heterocycles. The van der Waals surface area contributed by atoms with Crippen molar-refractivity contribution in [3.8, 4) is 0 Å². The highest BCUT2D eigenvalue weighted by Gasteiger charge is 2.20. The minimum atomic E-state index is -2.94. The van der Waals surface area contributed by atoms with E-state index in [2.05, 4.69) is 12.2 Å². The zero-order valence-corrected chi connectivity index (χ0v) is 9.33. The molecule has 0 aliphatic heterocycles. The van der Waals surface area contributed by atoms with E-state index >= 15 is 0 Å². The molecule has 0 spiro atoms. The molecule has 0 saturated heterocycles. The molecule has 0 amide bonds. The van der Waals surface area contributed by atoms with Gasteiger partial charge in [0.2, 0.25) is 0 Å². The monoisotopic (exact) mass is 218 g/mol. The van der Waals surface area contributed by atoms with Gasteiger partial charge in [-0.15, -0.1) is 0 Å². The minimum absolute atomic E-state index is 0.0916. The number of hydrogen-bond donors (Lipinski definition) is 1. The van der Waals surface area contributed by atoms with Crippen molar-refractivity contribution in [3.63, 3.8) is 0 Å². The minimum Gasteiger partial charge on any atom is -0.393 e. The van der Waals surface area contributed by atoms with Gasteiger partial charge in [0.15, 0.2) is 0 Å². The predicted octanol–water partition coefficient (Wildman–Crippen LogP) is 1.14. The van der Waals surface area contributed by atoms with Crippen molar-refractivity contribution < 1.29 is 13.5 Å².